The molecule has 5 rings (SSSR count). The summed E-state index contributed by atoms with van der Waals surface area (Å²) in [5.41, 5.74) is 3.88. The molecule has 4 nitrogen and oxygen atoms in total. The molecule has 0 N–H and O–H groups in total. The van der Waals surface area contributed by atoms with Crippen LogP contribution in [0.15, 0.2) is 36.4 Å². The predicted molar refractivity (Wildman–Crippen MR) is 119 cm³/mol. The maximum absolute atomic E-state index is 13.0. The summed E-state index contributed by atoms with van der Waals surface area (Å²) in [5, 5.41) is 1.30. The second-order valence-electron chi connectivity index (χ2n) is 8.73. The Labute approximate surface area is 186 Å². The van der Waals surface area contributed by atoms with Crippen molar-refractivity contribution < 1.29 is 9.59 Å². The Hall–Kier alpha value is -1.88. The minimum atomic E-state index is -0.152. The minimum Gasteiger partial charge on any atom is -0.295 e. The van der Waals surface area contributed by atoms with Crippen molar-refractivity contribution in [2.75, 3.05) is 11.4 Å². The predicted octanol–water partition coefficient (Wildman–Crippen LogP) is 5.39. The second kappa shape index (κ2) is 7.67. The summed E-state index contributed by atoms with van der Waals surface area (Å²) in [6.07, 6.45) is 3.42. The van der Waals surface area contributed by atoms with Crippen molar-refractivity contribution in [3.63, 3.8) is 0 Å². The number of hydrogen-bond acceptors (Lipinski definition) is 3. The van der Waals surface area contributed by atoms with E-state index in [4.69, 9.17) is 23.2 Å². The zero-order valence-corrected chi connectivity index (χ0v) is 18.4. The topological polar surface area (TPSA) is 40.6 Å². The number of carbonyl (C=O) groups is 2. The van der Waals surface area contributed by atoms with E-state index in [9.17, 15) is 9.59 Å². The Morgan fingerprint density at radius 1 is 1.00 bits per heavy atom. The molecule has 0 radical (unpaired) electrons. The van der Waals surface area contributed by atoms with Gasteiger partial charge in [0.1, 0.15) is 0 Å². The summed E-state index contributed by atoms with van der Waals surface area (Å²) in [6.45, 7) is 3.54. The molecular formula is C24H24Cl2N2O2. The Bertz CT molecular complexity index is 1030. The molecule has 156 valence electrons. The summed E-state index contributed by atoms with van der Waals surface area (Å²) in [4.78, 5) is 29.6. The third kappa shape index (κ3) is 3.45. The standard InChI is InChI=1S/C24H24Cl2N2O2/c1-14-6-9-23(29)28(24(14)30)22-5-3-2-4-17(22)19-12-27(16-7-8-16)13-20-18(19)10-15(25)11-21(20)26/h2-5,10-11,14,16,19H,6-9,12-13H2,1H3/t14-,19-/m0/s1. The molecule has 2 heterocycles. The van der Waals surface area contributed by atoms with Crippen molar-refractivity contribution >= 4 is 40.7 Å². The molecule has 0 spiro atoms. The number of amides is 2. The Kier molecular flexibility index (Phi) is 5.12. The molecule has 1 saturated carbocycles. The molecule has 2 atom stereocenters. The van der Waals surface area contributed by atoms with Gasteiger partial charge in [0.2, 0.25) is 11.8 Å². The van der Waals surface area contributed by atoms with Gasteiger partial charge in [-0.3, -0.25) is 19.4 Å². The third-order valence-electron chi connectivity index (χ3n) is 6.65. The number of halogens is 2. The molecule has 0 bridgehead atoms. The normalized spacial score (nSPS) is 24.8. The average Bonchev–Trinajstić information content (AvgIpc) is 3.56. The van der Waals surface area contributed by atoms with Gasteiger partial charge in [0.15, 0.2) is 0 Å². The van der Waals surface area contributed by atoms with E-state index in [1.54, 1.807) is 6.07 Å². The van der Waals surface area contributed by atoms with Crippen molar-refractivity contribution in [2.45, 2.75) is 51.1 Å². The molecule has 1 aliphatic carbocycles. The number of piperidine rings is 1. The van der Waals surface area contributed by atoms with Gasteiger partial charge in [0.05, 0.1) is 5.69 Å². The first kappa shape index (κ1) is 20.0. The lowest BCUT2D eigenvalue weighted by Crippen LogP contribution is -2.45. The highest BCUT2D eigenvalue weighted by atomic mass is 35.5. The second-order valence-corrected chi connectivity index (χ2v) is 9.58. The SMILES string of the molecule is C[C@H]1CCC(=O)N(c2ccccc2[C@@H]2CN(C3CC3)Cc3c(Cl)cc(Cl)cc32)C1=O. The molecule has 0 unspecified atom stereocenters. The summed E-state index contributed by atoms with van der Waals surface area (Å²) in [7, 11) is 0. The highest BCUT2D eigenvalue weighted by Crippen LogP contribution is 2.45. The fraction of sp³-hybridized carbons (Fsp3) is 0.417. The summed E-state index contributed by atoms with van der Waals surface area (Å²) < 4.78 is 0. The molecule has 3 aliphatic rings. The molecule has 1 saturated heterocycles. The van der Waals surface area contributed by atoms with E-state index in [0.717, 1.165) is 29.8 Å². The van der Waals surface area contributed by atoms with Gasteiger partial charge in [-0.1, -0.05) is 48.3 Å². The largest absolute Gasteiger partial charge is 0.295 e. The van der Waals surface area contributed by atoms with Crippen LogP contribution >= 0.6 is 23.2 Å². The van der Waals surface area contributed by atoms with Crippen LogP contribution in [0.1, 0.15) is 55.2 Å². The Morgan fingerprint density at radius 2 is 1.77 bits per heavy atom. The van der Waals surface area contributed by atoms with Crippen LogP contribution in [0.5, 0.6) is 0 Å². The first-order chi connectivity index (χ1) is 14.4. The molecule has 30 heavy (non-hydrogen) atoms. The number of nitrogens with zero attached hydrogens (tertiary/aromatic N) is 2. The lowest BCUT2D eigenvalue weighted by atomic mass is 9.83. The number of imide groups is 1. The number of rotatable bonds is 3. The van der Waals surface area contributed by atoms with Crippen LogP contribution in [0.3, 0.4) is 0 Å². The highest BCUT2D eigenvalue weighted by molar-refractivity contribution is 6.35. The van der Waals surface area contributed by atoms with E-state index < -0.39 is 0 Å². The lowest BCUT2D eigenvalue weighted by Gasteiger charge is -2.38. The highest BCUT2D eigenvalue weighted by Gasteiger charge is 2.39. The summed E-state index contributed by atoms with van der Waals surface area (Å²) in [6, 6.07) is 12.2. The van der Waals surface area contributed by atoms with Crippen LogP contribution in [0.25, 0.3) is 0 Å². The van der Waals surface area contributed by atoms with Gasteiger partial charge in [-0.15, -0.1) is 0 Å². The number of hydrogen-bond donors (Lipinski definition) is 0. The van der Waals surface area contributed by atoms with E-state index >= 15 is 0 Å². The summed E-state index contributed by atoms with van der Waals surface area (Å²) in [5.74, 6) is -0.386. The van der Waals surface area contributed by atoms with Gasteiger partial charge in [-0.05, 0) is 54.2 Å². The number of carbonyl (C=O) groups excluding carboxylic acids is 2. The van der Waals surface area contributed by atoms with E-state index in [1.807, 2.05) is 37.3 Å². The van der Waals surface area contributed by atoms with Gasteiger partial charge in [0, 0.05) is 47.4 Å². The quantitative estimate of drug-likeness (QED) is 0.597. The van der Waals surface area contributed by atoms with Crippen LogP contribution in [0, 0.1) is 5.92 Å². The van der Waals surface area contributed by atoms with Crippen LogP contribution in [0.4, 0.5) is 5.69 Å². The van der Waals surface area contributed by atoms with E-state index in [1.165, 1.54) is 17.7 Å². The minimum absolute atomic E-state index is 0.000386. The maximum atomic E-state index is 13.0. The van der Waals surface area contributed by atoms with Gasteiger partial charge in [0.25, 0.3) is 0 Å². The van der Waals surface area contributed by atoms with E-state index in [2.05, 4.69) is 4.90 Å². The molecule has 2 aromatic rings. The number of fused-ring (bicyclic) bond motifs is 1. The van der Waals surface area contributed by atoms with Crippen molar-refractivity contribution in [3.05, 3.63) is 63.1 Å². The van der Waals surface area contributed by atoms with Gasteiger partial charge in [-0.25, -0.2) is 0 Å². The van der Waals surface area contributed by atoms with Crippen LogP contribution in [0.2, 0.25) is 10.0 Å². The Balaban J connectivity index is 1.64. The number of benzene rings is 2. The zero-order valence-electron chi connectivity index (χ0n) is 16.9. The van der Waals surface area contributed by atoms with Gasteiger partial charge < -0.3 is 0 Å². The van der Waals surface area contributed by atoms with Crippen LogP contribution in [-0.2, 0) is 16.1 Å². The fourth-order valence-corrected chi connectivity index (χ4v) is 5.41. The number of para-hydroxylation sites is 1. The molecule has 2 amide bonds. The van der Waals surface area contributed by atoms with Crippen molar-refractivity contribution in [3.8, 4) is 0 Å². The molecular weight excluding hydrogens is 419 g/mol. The van der Waals surface area contributed by atoms with Gasteiger partial charge >= 0.3 is 0 Å². The van der Waals surface area contributed by atoms with Crippen LogP contribution in [-0.4, -0.2) is 29.3 Å². The summed E-state index contributed by atoms with van der Waals surface area (Å²) >= 11 is 13.0. The van der Waals surface area contributed by atoms with Gasteiger partial charge in [-0.2, -0.15) is 0 Å². The van der Waals surface area contributed by atoms with E-state index in [-0.39, 0.29) is 23.7 Å². The lowest BCUT2D eigenvalue weighted by molar-refractivity contribution is -0.131. The number of anilines is 1. The monoisotopic (exact) mass is 442 g/mol. The molecule has 6 heteroatoms. The zero-order chi connectivity index (χ0) is 21.0. The fourth-order valence-electron chi connectivity index (χ4n) is 4.84. The van der Waals surface area contributed by atoms with Crippen LogP contribution < -0.4 is 4.90 Å². The van der Waals surface area contributed by atoms with E-state index in [0.29, 0.717) is 34.6 Å². The third-order valence-corrected chi connectivity index (χ3v) is 7.20. The van der Waals surface area contributed by atoms with Crippen molar-refractivity contribution in [1.82, 2.24) is 4.90 Å². The molecule has 2 aliphatic heterocycles. The average molecular weight is 443 g/mol. The Morgan fingerprint density at radius 3 is 2.53 bits per heavy atom. The molecule has 0 aromatic heterocycles. The smallest absolute Gasteiger partial charge is 0.236 e. The molecule has 2 fully saturated rings. The molecule has 2 aromatic carbocycles. The first-order valence-corrected chi connectivity index (χ1v) is 11.4. The van der Waals surface area contributed by atoms with Crippen molar-refractivity contribution in [2.24, 2.45) is 5.92 Å². The van der Waals surface area contributed by atoms with Crippen molar-refractivity contribution in [1.29, 1.82) is 0 Å². The maximum Gasteiger partial charge on any atom is 0.236 e. The first-order valence-electron chi connectivity index (χ1n) is 10.6.